The van der Waals surface area contributed by atoms with Gasteiger partial charge in [0.25, 0.3) is 0 Å². The molecular weight excluding hydrogens is 307 g/mol. The van der Waals surface area contributed by atoms with E-state index in [0.717, 1.165) is 18.2 Å². The minimum atomic E-state index is -0.104. The van der Waals surface area contributed by atoms with Crippen LogP contribution in [0, 0.1) is 0 Å². The van der Waals surface area contributed by atoms with E-state index in [-0.39, 0.29) is 6.61 Å². The van der Waals surface area contributed by atoms with Gasteiger partial charge in [-0.05, 0) is 18.9 Å². The SMILES string of the molecule is COc1cc(OCCCCBr)c(Cl)cc1CO. The minimum Gasteiger partial charge on any atom is -0.496 e. The number of halogens is 2. The van der Waals surface area contributed by atoms with E-state index in [2.05, 4.69) is 15.9 Å². The first-order chi connectivity index (χ1) is 8.22. The molecule has 0 saturated carbocycles. The highest BCUT2D eigenvalue weighted by atomic mass is 79.9. The summed E-state index contributed by atoms with van der Waals surface area (Å²) in [6.07, 6.45) is 2.02. The molecule has 0 unspecified atom stereocenters. The lowest BCUT2D eigenvalue weighted by Gasteiger charge is -2.12. The Morgan fingerprint density at radius 3 is 2.65 bits per heavy atom. The van der Waals surface area contributed by atoms with Gasteiger partial charge in [-0.2, -0.15) is 0 Å². The second-order valence-electron chi connectivity index (χ2n) is 3.50. The summed E-state index contributed by atoms with van der Waals surface area (Å²) in [5, 5.41) is 10.6. The summed E-state index contributed by atoms with van der Waals surface area (Å²) in [5.74, 6) is 1.18. The minimum absolute atomic E-state index is 0.104. The summed E-state index contributed by atoms with van der Waals surface area (Å²) in [6.45, 7) is 0.514. The molecule has 1 N–H and O–H groups in total. The maximum Gasteiger partial charge on any atom is 0.141 e. The van der Waals surface area contributed by atoms with Crippen molar-refractivity contribution in [1.82, 2.24) is 0 Å². The van der Waals surface area contributed by atoms with Gasteiger partial charge in [0.05, 0.1) is 25.3 Å². The molecule has 0 fully saturated rings. The van der Waals surface area contributed by atoms with Gasteiger partial charge in [0.1, 0.15) is 11.5 Å². The molecule has 0 heterocycles. The highest BCUT2D eigenvalue weighted by molar-refractivity contribution is 9.09. The normalized spacial score (nSPS) is 10.4. The van der Waals surface area contributed by atoms with Crippen LogP contribution in [-0.4, -0.2) is 24.2 Å². The lowest BCUT2D eigenvalue weighted by Crippen LogP contribution is -2.00. The number of aliphatic hydroxyl groups is 1. The Hall–Kier alpha value is -0.450. The van der Waals surface area contributed by atoms with Gasteiger partial charge in [-0.1, -0.05) is 27.5 Å². The summed E-state index contributed by atoms with van der Waals surface area (Å²) in [7, 11) is 1.55. The zero-order valence-corrected chi connectivity index (χ0v) is 12.1. The van der Waals surface area contributed by atoms with Crippen molar-refractivity contribution in [2.24, 2.45) is 0 Å². The fraction of sp³-hybridized carbons (Fsp3) is 0.500. The van der Waals surface area contributed by atoms with Gasteiger partial charge in [0, 0.05) is 17.0 Å². The Morgan fingerprint density at radius 2 is 2.06 bits per heavy atom. The maximum absolute atomic E-state index is 9.13. The molecule has 0 aliphatic carbocycles. The average Bonchev–Trinajstić information content (AvgIpc) is 2.35. The van der Waals surface area contributed by atoms with Crippen LogP contribution < -0.4 is 9.47 Å². The van der Waals surface area contributed by atoms with Crippen molar-refractivity contribution < 1.29 is 14.6 Å². The van der Waals surface area contributed by atoms with E-state index in [4.69, 9.17) is 26.2 Å². The molecule has 0 aliphatic heterocycles. The molecule has 0 atom stereocenters. The number of benzene rings is 1. The summed E-state index contributed by atoms with van der Waals surface area (Å²) >= 11 is 9.41. The number of rotatable bonds is 7. The standard InChI is InChI=1S/C12H16BrClO3/c1-16-11-7-12(17-5-3-2-4-13)10(14)6-9(11)8-15/h6-7,15H,2-5,8H2,1H3. The van der Waals surface area contributed by atoms with Crippen LogP contribution in [0.4, 0.5) is 0 Å². The third kappa shape index (κ3) is 4.37. The van der Waals surface area contributed by atoms with Gasteiger partial charge < -0.3 is 14.6 Å². The van der Waals surface area contributed by atoms with Gasteiger partial charge in [0.2, 0.25) is 0 Å². The Bertz CT molecular complexity index is 358. The molecule has 0 aliphatic rings. The number of hydrogen-bond acceptors (Lipinski definition) is 3. The van der Waals surface area contributed by atoms with Crippen LogP contribution in [0.1, 0.15) is 18.4 Å². The van der Waals surface area contributed by atoms with E-state index in [0.29, 0.717) is 28.7 Å². The Kier molecular flexibility index (Phi) is 6.70. The van der Waals surface area contributed by atoms with Crippen molar-refractivity contribution in [2.75, 3.05) is 19.0 Å². The lowest BCUT2D eigenvalue weighted by atomic mass is 10.2. The molecule has 0 aromatic heterocycles. The molecule has 17 heavy (non-hydrogen) atoms. The first-order valence-electron chi connectivity index (χ1n) is 5.39. The third-order valence-electron chi connectivity index (χ3n) is 2.29. The van der Waals surface area contributed by atoms with Crippen LogP contribution in [0.25, 0.3) is 0 Å². The maximum atomic E-state index is 9.13. The van der Waals surface area contributed by atoms with Crippen molar-refractivity contribution in [3.63, 3.8) is 0 Å². The number of alkyl halides is 1. The van der Waals surface area contributed by atoms with Crippen molar-refractivity contribution >= 4 is 27.5 Å². The van der Waals surface area contributed by atoms with E-state index in [9.17, 15) is 0 Å². The summed E-state index contributed by atoms with van der Waals surface area (Å²) in [5.41, 5.74) is 0.658. The Balaban J connectivity index is 2.71. The molecule has 5 heteroatoms. The largest absolute Gasteiger partial charge is 0.496 e. The molecule has 0 radical (unpaired) electrons. The Morgan fingerprint density at radius 1 is 1.29 bits per heavy atom. The van der Waals surface area contributed by atoms with Crippen LogP contribution in [0.5, 0.6) is 11.5 Å². The molecule has 0 saturated heterocycles. The fourth-order valence-corrected chi connectivity index (χ4v) is 2.02. The molecule has 0 bridgehead atoms. The monoisotopic (exact) mass is 322 g/mol. The van der Waals surface area contributed by atoms with E-state index >= 15 is 0 Å². The fourth-order valence-electron chi connectivity index (χ4n) is 1.38. The van der Waals surface area contributed by atoms with Crippen LogP contribution in [0.3, 0.4) is 0 Å². The predicted molar refractivity (Wildman–Crippen MR) is 72.4 cm³/mol. The van der Waals surface area contributed by atoms with E-state index in [1.807, 2.05) is 0 Å². The van der Waals surface area contributed by atoms with Crippen molar-refractivity contribution in [1.29, 1.82) is 0 Å². The second kappa shape index (κ2) is 7.80. The van der Waals surface area contributed by atoms with Gasteiger partial charge in [-0.25, -0.2) is 0 Å². The third-order valence-corrected chi connectivity index (χ3v) is 3.15. The topological polar surface area (TPSA) is 38.7 Å². The highest BCUT2D eigenvalue weighted by Crippen LogP contribution is 2.32. The van der Waals surface area contributed by atoms with Crippen LogP contribution >= 0.6 is 27.5 Å². The number of unbranched alkanes of at least 4 members (excludes halogenated alkanes) is 1. The molecule has 96 valence electrons. The van der Waals surface area contributed by atoms with Gasteiger partial charge in [-0.15, -0.1) is 0 Å². The van der Waals surface area contributed by atoms with Crippen LogP contribution in [0.2, 0.25) is 5.02 Å². The zero-order valence-electron chi connectivity index (χ0n) is 9.71. The summed E-state index contributed by atoms with van der Waals surface area (Å²) < 4.78 is 10.7. The molecule has 3 nitrogen and oxygen atoms in total. The quantitative estimate of drug-likeness (QED) is 0.617. The molecule has 1 aromatic rings. The average molecular weight is 324 g/mol. The van der Waals surface area contributed by atoms with E-state index in [1.165, 1.54) is 0 Å². The first kappa shape index (κ1) is 14.6. The van der Waals surface area contributed by atoms with Crippen LogP contribution in [-0.2, 0) is 6.61 Å². The summed E-state index contributed by atoms with van der Waals surface area (Å²) in [6, 6.07) is 3.38. The summed E-state index contributed by atoms with van der Waals surface area (Å²) in [4.78, 5) is 0. The molecule has 1 rings (SSSR count). The number of aliphatic hydroxyl groups excluding tert-OH is 1. The van der Waals surface area contributed by atoms with Crippen molar-refractivity contribution in [3.05, 3.63) is 22.7 Å². The van der Waals surface area contributed by atoms with Crippen molar-refractivity contribution in [2.45, 2.75) is 19.4 Å². The van der Waals surface area contributed by atoms with Crippen LogP contribution in [0.15, 0.2) is 12.1 Å². The first-order valence-corrected chi connectivity index (χ1v) is 6.89. The van der Waals surface area contributed by atoms with E-state index < -0.39 is 0 Å². The second-order valence-corrected chi connectivity index (χ2v) is 4.70. The molecular formula is C12H16BrClO3. The smallest absolute Gasteiger partial charge is 0.141 e. The van der Waals surface area contributed by atoms with Gasteiger partial charge in [-0.3, -0.25) is 0 Å². The zero-order chi connectivity index (χ0) is 12.7. The van der Waals surface area contributed by atoms with Crippen molar-refractivity contribution in [3.8, 4) is 11.5 Å². The molecule has 0 amide bonds. The lowest BCUT2D eigenvalue weighted by molar-refractivity contribution is 0.272. The molecule has 1 aromatic carbocycles. The van der Waals surface area contributed by atoms with E-state index in [1.54, 1.807) is 19.2 Å². The number of methoxy groups -OCH3 is 1. The number of ether oxygens (including phenoxy) is 2. The van der Waals surface area contributed by atoms with Gasteiger partial charge in [0.15, 0.2) is 0 Å². The predicted octanol–water partition coefficient (Wildman–Crippen LogP) is 3.39. The number of hydrogen-bond donors (Lipinski definition) is 1. The highest BCUT2D eigenvalue weighted by Gasteiger charge is 2.09. The molecule has 0 spiro atoms. The Labute approximate surface area is 115 Å². The van der Waals surface area contributed by atoms with Gasteiger partial charge >= 0.3 is 0 Å².